The highest BCUT2D eigenvalue weighted by atomic mass is 32.2. The Morgan fingerprint density at radius 1 is 0.923 bits per heavy atom. The van der Waals surface area contributed by atoms with Crippen LogP contribution in [0.3, 0.4) is 0 Å². The van der Waals surface area contributed by atoms with Crippen LogP contribution in [0.15, 0.2) is 70.9 Å². The minimum Gasteiger partial charge on any atom is -0.497 e. The van der Waals surface area contributed by atoms with E-state index in [0.29, 0.717) is 0 Å². The Balaban J connectivity index is 1.78. The molecule has 1 unspecified atom stereocenters. The molecule has 5 heteroatoms. The fourth-order valence-electron chi connectivity index (χ4n) is 2.87. The van der Waals surface area contributed by atoms with Gasteiger partial charge in [0.1, 0.15) is 11.5 Å². The van der Waals surface area contributed by atoms with Crippen molar-refractivity contribution in [2.45, 2.75) is 10.1 Å². The quantitative estimate of drug-likeness (QED) is 0.594. The van der Waals surface area contributed by atoms with E-state index in [0.717, 1.165) is 22.9 Å². The van der Waals surface area contributed by atoms with Gasteiger partial charge >= 0.3 is 0 Å². The van der Waals surface area contributed by atoms with Gasteiger partial charge in [0.2, 0.25) is 0 Å². The Morgan fingerprint density at radius 3 is 2.38 bits per heavy atom. The second-order valence-corrected chi connectivity index (χ2v) is 7.99. The summed E-state index contributed by atoms with van der Waals surface area (Å²) >= 11 is 3.56. The lowest BCUT2D eigenvalue weighted by Gasteiger charge is -2.14. The van der Waals surface area contributed by atoms with Crippen LogP contribution in [-0.2, 0) is 0 Å². The van der Waals surface area contributed by atoms with Crippen LogP contribution in [0.2, 0.25) is 0 Å². The third kappa shape index (κ3) is 3.45. The molecule has 0 saturated heterocycles. The molecule has 1 aromatic heterocycles. The number of fused-ring (bicyclic) bond motifs is 1. The first kappa shape index (κ1) is 17.1. The fourth-order valence-corrected chi connectivity index (χ4v) is 4.78. The Kier molecular flexibility index (Phi) is 4.91. The van der Waals surface area contributed by atoms with Crippen molar-refractivity contribution < 1.29 is 9.47 Å². The molecule has 132 valence electrons. The molecule has 2 aromatic carbocycles. The molecule has 1 N–H and O–H groups in total. The highest BCUT2D eigenvalue weighted by molar-refractivity contribution is 7.99. The summed E-state index contributed by atoms with van der Waals surface area (Å²) in [4.78, 5) is 2.40. The average Bonchev–Trinajstić information content (AvgIpc) is 3.15. The van der Waals surface area contributed by atoms with E-state index < -0.39 is 0 Å². The smallest absolute Gasteiger partial charge is 0.120 e. The number of anilines is 1. The van der Waals surface area contributed by atoms with Crippen LogP contribution in [0.4, 0.5) is 5.69 Å². The van der Waals surface area contributed by atoms with Crippen LogP contribution < -0.4 is 14.8 Å². The summed E-state index contributed by atoms with van der Waals surface area (Å²) in [6.45, 7) is 0. The van der Waals surface area contributed by atoms with Crippen molar-refractivity contribution in [2.24, 2.45) is 0 Å². The topological polar surface area (TPSA) is 30.5 Å². The summed E-state index contributed by atoms with van der Waals surface area (Å²) in [5.74, 6) is 1.74. The van der Waals surface area contributed by atoms with E-state index in [1.807, 2.05) is 30.0 Å². The zero-order valence-corrected chi connectivity index (χ0v) is 16.2. The molecule has 0 aliphatic carbocycles. The number of thiophene rings is 1. The average molecular weight is 382 g/mol. The summed E-state index contributed by atoms with van der Waals surface area (Å²) in [7, 11) is 3.39. The zero-order chi connectivity index (χ0) is 17.9. The number of methoxy groups -OCH3 is 2. The second kappa shape index (κ2) is 7.48. The maximum absolute atomic E-state index is 5.42. The summed E-state index contributed by atoms with van der Waals surface area (Å²) in [5, 5.41) is 5.90. The molecule has 0 spiro atoms. The minimum atomic E-state index is 0.193. The number of nitrogens with one attached hydrogen (secondary N) is 1. The van der Waals surface area contributed by atoms with Gasteiger partial charge in [-0.2, -0.15) is 0 Å². The van der Waals surface area contributed by atoms with Gasteiger partial charge in [0.25, 0.3) is 0 Å². The van der Waals surface area contributed by atoms with Crippen LogP contribution >= 0.6 is 23.1 Å². The molecule has 26 heavy (non-hydrogen) atoms. The molecular formula is C21H19NO2S2. The van der Waals surface area contributed by atoms with Gasteiger partial charge in [-0.05, 0) is 53.4 Å². The molecule has 3 aromatic rings. The number of ether oxygens (including phenoxy) is 2. The van der Waals surface area contributed by atoms with Crippen molar-refractivity contribution in [3.8, 4) is 11.5 Å². The Labute approximate surface area is 161 Å². The van der Waals surface area contributed by atoms with Crippen molar-refractivity contribution in [1.29, 1.82) is 0 Å². The number of hydrogen-bond acceptors (Lipinski definition) is 5. The molecular weight excluding hydrogens is 362 g/mol. The van der Waals surface area contributed by atoms with E-state index in [-0.39, 0.29) is 5.25 Å². The van der Waals surface area contributed by atoms with Crippen molar-refractivity contribution in [2.75, 3.05) is 19.5 Å². The molecule has 0 bridgehead atoms. The van der Waals surface area contributed by atoms with Crippen molar-refractivity contribution >= 4 is 34.5 Å². The van der Waals surface area contributed by atoms with Gasteiger partial charge in [0.05, 0.1) is 35.7 Å². The molecule has 0 amide bonds. The molecule has 0 fully saturated rings. The molecule has 1 aliphatic heterocycles. The molecule has 0 saturated carbocycles. The van der Waals surface area contributed by atoms with Crippen LogP contribution in [0.25, 0.3) is 5.70 Å². The molecule has 4 rings (SSSR count). The number of benzene rings is 2. The number of rotatable bonds is 4. The summed E-state index contributed by atoms with van der Waals surface area (Å²) in [5.41, 5.74) is 3.48. The molecule has 1 atom stereocenters. The highest BCUT2D eigenvalue weighted by Crippen LogP contribution is 2.46. The second-order valence-electron chi connectivity index (χ2n) is 5.86. The van der Waals surface area contributed by atoms with E-state index >= 15 is 0 Å². The summed E-state index contributed by atoms with van der Waals surface area (Å²) < 4.78 is 10.7. The lowest BCUT2D eigenvalue weighted by Crippen LogP contribution is -1.97. The van der Waals surface area contributed by atoms with Gasteiger partial charge in [-0.25, -0.2) is 0 Å². The highest BCUT2D eigenvalue weighted by Gasteiger charge is 2.20. The molecule has 0 radical (unpaired) electrons. The third-order valence-electron chi connectivity index (χ3n) is 4.26. The first-order valence-corrected chi connectivity index (χ1v) is 10.0. The summed E-state index contributed by atoms with van der Waals surface area (Å²) in [6.07, 6.45) is 2.30. The zero-order valence-electron chi connectivity index (χ0n) is 14.6. The summed E-state index contributed by atoms with van der Waals surface area (Å²) in [6, 6.07) is 18.7. The predicted molar refractivity (Wildman–Crippen MR) is 111 cm³/mol. The minimum absolute atomic E-state index is 0.193. The van der Waals surface area contributed by atoms with E-state index in [1.165, 1.54) is 15.3 Å². The lowest BCUT2D eigenvalue weighted by molar-refractivity contribution is 0.414. The van der Waals surface area contributed by atoms with Crippen molar-refractivity contribution in [3.63, 3.8) is 0 Å². The number of thioether (sulfide) groups is 1. The van der Waals surface area contributed by atoms with Crippen LogP contribution in [-0.4, -0.2) is 14.2 Å². The number of hydrogen-bond donors (Lipinski definition) is 1. The third-order valence-corrected chi connectivity index (χ3v) is 6.42. The maximum atomic E-state index is 5.42. The molecule has 1 aliphatic rings. The van der Waals surface area contributed by atoms with E-state index in [2.05, 4.69) is 53.2 Å². The Bertz CT molecular complexity index is 918. The van der Waals surface area contributed by atoms with Crippen LogP contribution in [0.1, 0.15) is 15.7 Å². The largest absolute Gasteiger partial charge is 0.497 e. The predicted octanol–water partition coefficient (Wildman–Crippen LogP) is 6.07. The molecule has 2 heterocycles. The first-order chi connectivity index (χ1) is 12.8. The van der Waals surface area contributed by atoms with Gasteiger partial charge in [-0.1, -0.05) is 18.2 Å². The normalized spacial score (nSPS) is 16.1. The first-order valence-electron chi connectivity index (χ1n) is 8.28. The Hall–Kier alpha value is -2.37. The van der Waals surface area contributed by atoms with Gasteiger partial charge in [-0.3, -0.25) is 0 Å². The van der Waals surface area contributed by atoms with Gasteiger partial charge in [-0.15, -0.1) is 23.1 Å². The Morgan fingerprint density at radius 2 is 1.69 bits per heavy atom. The van der Waals surface area contributed by atoms with Gasteiger partial charge in [0.15, 0.2) is 0 Å². The van der Waals surface area contributed by atoms with Crippen LogP contribution in [0, 0.1) is 0 Å². The van der Waals surface area contributed by atoms with Crippen LogP contribution in [0.5, 0.6) is 11.5 Å². The SMILES string of the molecule is COc1ccc(C2C=C(c3cccs3)Nc3ccc(OC)cc3S2)cc1. The van der Waals surface area contributed by atoms with Gasteiger partial charge in [0, 0.05) is 4.90 Å². The van der Waals surface area contributed by atoms with E-state index in [4.69, 9.17) is 9.47 Å². The van der Waals surface area contributed by atoms with E-state index in [1.54, 1.807) is 25.6 Å². The maximum Gasteiger partial charge on any atom is 0.120 e. The van der Waals surface area contributed by atoms with E-state index in [9.17, 15) is 0 Å². The lowest BCUT2D eigenvalue weighted by atomic mass is 10.1. The molecule has 3 nitrogen and oxygen atoms in total. The van der Waals surface area contributed by atoms with Gasteiger partial charge < -0.3 is 14.8 Å². The standard InChI is InChI=1S/C21H19NO2S2/c1-23-15-7-5-14(6-8-15)20-13-18(19-4-3-11-25-19)22-17-10-9-16(24-2)12-21(17)26-20/h3-13,20,22H,1-2H3. The van der Waals surface area contributed by atoms with Crippen molar-refractivity contribution in [1.82, 2.24) is 0 Å². The van der Waals surface area contributed by atoms with Crippen molar-refractivity contribution in [3.05, 3.63) is 76.5 Å². The fraction of sp³-hybridized carbons (Fsp3) is 0.143. The monoisotopic (exact) mass is 381 g/mol.